The number of aromatic nitrogens is 3. The van der Waals surface area contributed by atoms with Crippen molar-refractivity contribution in [1.29, 1.82) is 0 Å². The second-order valence-corrected chi connectivity index (χ2v) is 4.48. The van der Waals surface area contributed by atoms with E-state index in [1.54, 1.807) is 0 Å². The number of benzene rings is 1. The third kappa shape index (κ3) is 2.76. The summed E-state index contributed by atoms with van der Waals surface area (Å²) in [5.74, 6) is 1.83. The highest BCUT2D eigenvalue weighted by molar-refractivity contribution is 5.15. The Morgan fingerprint density at radius 1 is 1.22 bits per heavy atom. The van der Waals surface area contributed by atoms with Crippen LogP contribution in [0.15, 0.2) is 30.3 Å². The molecule has 0 spiro atoms. The molecule has 0 aliphatic carbocycles. The van der Waals surface area contributed by atoms with Gasteiger partial charge in [-0.25, -0.2) is 0 Å². The molecule has 1 aromatic carbocycles. The van der Waals surface area contributed by atoms with Gasteiger partial charge in [0.2, 0.25) is 0 Å². The fraction of sp³-hybridized carbons (Fsp3) is 0.429. The van der Waals surface area contributed by atoms with Gasteiger partial charge in [0.25, 0.3) is 0 Å². The molecular weight excluding hydrogens is 224 g/mol. The Balaban J connectivity index is 2.01. The van der Waals surface area contributed by atoms with E-state index < -0.39 is 0 Å². The van der Waals surface area contributed by atoms with Gasteiger partial charge in [0.15, 0.2) is 0 Å². The molecule has 0 unspecified atom stereocenters. The predicted octanol–water partition coefficient (Wildman–Crippen LogP) is 2.24. The topological polar surface area (TPSA) is 56.7 Å². The SMILES string of the molecule is CCn1c(C)nnc1[C@@H](N)CCc1ccccc1. The maximum absolute atomic E-state index is 6.21. The number of aryl methyl sites for hydroxylation is 2. The average Bonchev–Trinajstić information content (AvgIpc) is 2.78. The number of hydrogen-bond donors (Lipinski definition) is 1. The Bertz CT molecular complexity index is 490. The monoisotopic (exact) mass is 244 g/mol. The van der Waals surface area contributed by atoms with E-state index in [4.69, 9.17) is 5.73 Å². The Labute approximate surface area is 108 Å². The van der Waals surface area contributed by atoms with Crippen molar-refractivity contribution in [2.24, 2.45) is 5.73 Å². The summed E-state index contributed by atoms with van der Waals surface area (Å²) in [5, 5.41) is 8.28. The van der Waals surface area contributed by atoms with Crippen LogP contribution in [0.5, 0.6) is 0 Å². The van der Waals surface area contributed by atoms with Crippen LogP contribution < -0.4 is 5.73 Å². The fourth-order valence-electron chi connectivity index (χ4n) is 2.16. The standard InChI is InChI=1S/C14H20N4/c1-3-18-11(2)16-17-14(18)13(15)10-9-12-7-5-4-6-8-12/h4-8,13H,3,9-10,15H2,1-2H3/t13-/m0/s1. The molecule has 0 radical (unpaired) electrons. The third-order valence-electron chi connectivity index (χ3n) is 3.20. The molecule has 96 valence electrons. The maximum Gasteiger partial charge on any atom is 0.149 e. The van der Waals surface area contributed by atoms with Gasteiger partial charge in [0.05, 0.1) is 6.04 Å². The first-order valence-electron chi connectivity index (χ1n) is 6.41. The smallest absolute Gasteiger partial charge is 0.149 e. The van der Waals surface area contributed by atoms with Crippen LogP contribution in [0.2, 0.25) is 0 Å². The molecule has 4 nitrogen and oxygen atoms in total. The van der Waals surface area contributed by atoms with Crippen LogP contribution in [-0.2, 0) is 13.0 Å². The average molecular weight is 244 g/mol. The minimum Gasteiger partial charge on any atom is -0.321 e. The Kier molecular flexibility index (Phi) is 4.10. The first kappa shape index (κ1) is 12.8. The minimum absolute atomic E-state index is 0.0497. The molecule has 4 heteroatoms. The predicted molar refractivity (Wildman–Crippen MR) is 72.1 cm³/mol. The summed E-state index contributed by atoms with van der Waals surface area (Å²) in [6, 6.07) is 10.3. The van der Waals surface area contributed by atoms with E-state index in [-0.39, 0.29) is 6.04 Å². The van der Waals surface area contributed by atoms with Crippen molar-refractivity contribution >= 4 is 0 Å². The zero-order chi connectivity index (χ0) is 13.0. The molecule has 0 amide bonds. The summed E-state index contributed by atoms with van der Waals surface area (Å²) >= 11 is 0. The van der Waals surface area contributed by atoms with Crippen LogP contribution in [-0.4, -0.2) is 14.8 Å². The summed E-state index contributed by atoms with van der Waals surface area (Å²) in [5.41, 5.74) is 7.52. The highest BCUT2D eigenvalue weighted by Gasteiger charge is 2.15. The van der Waals surface area contributed by atoms with Crippen LogP contribution in [0.25, 0.3) is 0 Å². The molecule has 1 heterocycles. The van der Waals surface area contributed by atoms with Gasteiger partial charge in [-0.1, -0.05) is 30.3 Å². The molecule has 2 rings (SSSR count). The molecule has 0 aliphatic rings. The molecule has 0 bridgehead atoms. The van der Waals surface area contributed by atoms with E-state index >= 15 is 0 Å². The van der Waals surface area contributed by atoms with Crippen molar-refractivity contribution in [3.63, 3.8) is 0 Å². The second-order valence-electron chi connectivity index (χ2n) is 4.48. The van der Waals surface area contributed by atoms with Gasteiger partial charge in [0, 0.05) is 6.54 Å². The number of nitrogens with zero attached hydrogens (tertiary/aromatic N) is 3. The van der Waals surface area contributed by atoms with Gasteiger partial charge in [-0.2, -0.15) is 0 Å². The largest absolute Gasteiger partial charge is 0.321 e. The van der Waals surface area contributed by atoms with Crippen molar-refractivity contribution < 1.29 is 0 Å². The quantitative estimate of drug-likeness (QED) is 0.877. The Hall–Kier alpha value is -1.68. The maximum atomic E-state index is 6.21. The van der Waals surface area contributed by atoms with E-state index in [1.165, 1.54) is 5.56 Å². The zero-order valence-electron chi connectivity index (χ0n) is 11.0. The van der Waals surface area contributed by atoms with Gasteiger partial charge in [-0.05, 0) is 32.3 Å². The summed E-state index contributed by atoms with van der Waals surface area (Å²) in [7, 11) is 0. The molecule has 0 fully saturated rings. The fourth-order valence-corrected chi connectivity index (χ4v) is 2.16. The Morgan fingerprint density at radius 3 is 2.61 bits per heavy atom. The van der Waals surface area contributed by atoms with Gasteiger partial charge in [-0.3, -0.25) is 0 Å². The van der Waals surface area contributed by atoms with Gasteiger partial charge in [0.1, 0.15) is 11.6 Å². The molecule has 1 atom stereocenters. The van der Waals surface area contributed by atoms with Gasteiger partial charge < -0.3 is 10.3 Å². The highest BCUT2D eigenvalue weighted by Crippen LogP contribution is 2.16. The lowest BCUT2D eigenvalue weighted by Crippen LogP contribution is -2.17. The molecule has 2 aromatic rings. The Morgan fingerprint density at radius 2 is 1.94 bits per heavy atom. The van der Waals surface area contributed by atoms with Crippen molar-refractivity contribution in [1.82, 2.24) is 14.8 Å². The first-order valence-corrected chi connectivity index (χ1v) is 6.41. The van der Waals surface area contributed by atoms with Crippen LogP contribution >= 0.6 is 0 Å². The highest BCUT2D eigenvalue weighted by atomic mass is 15.3. The van der Waals surface area contributed by atoms with Crippen molar-refractivity contribution in [3.05, 3.63) is 47.5 Å². The van der Waals surface area contributed by atoms with Crippen molar-refractivity contribution in [3.8, 4) is 0 Å². The van der Waals surface area contributed by atoms with Crippen molar-refractivity contribution in [2.75, 3.05) is 0 Å². The van der Waals surface area contributed by atoms with E-state index in [1.807, 2.05) is 13.0 Å². The van der Waals surface area contributed by atoms with Crippen LogP contribution in [0, 0.1) is 6.92 Å². The van der Waals surface area contributed by atoms with Crippen LogP contribution in [0.3, 0.4) is 0 Å². The van der Waals surface area contributed by atoms with Crippen LogP contribution in [0.4, 0.5) is 0 Å². The normalized spacial score (nSPS) is 12.6. The molecule has 18 heavy (non-hydrogen) atoms. The number of rotatable bonds is 5. The molecule has 1 aromatic heterocycles. The second kappa shape index (κ2) is 5.78. The van der Waals surface area contributed by atoms with E-state index in [9.17, 15) is 0 Å². The first-order chi connectivity index (χ1) is 8.72. The molecule has 2 N–H and O–H groups in total. The summed E-state index contributed by atoms with van der Waals surface area (Å²) in [6.07, 6.45) is 1.86. The number of nitrogens with two attached hydrogens (primary N) is 1. The third-order valence-corrected chi connectivity index (χ3v) is 3.20. The summed E-state index contributed by atoms with van der Waals surface area (Å²) in [6.45, 7) is 4.92. The van der Waals surface area contributed by atoms with E-state index in [0.29, 0.717) is 0 Å². The molecule has 0 saturated heterocycles. The van der Waals surface area contributed by atoms with Crippen molar-refractivity contribution in [2.45, 2.75) is 39.3 Å². The number of hydrogen-bond acceptors (Lipinski definition) is 3. The molecule has 0 saturated carbocycles. The lowest BCUT2D eigenvalue weighted by atomic mass is 10.1. The lowest BCUT2D eigenvalue weighted by Gasteiger charge is -2.12. The van der Waals surface area contributed by atoms with E-state index in [0.717, 1.165) is 31.0 Å². The van der Waals surface area contributed by atoms with Gasteiger partial charge in [-0.15, -0.1) is 10.2 Å². The summed E-state index contributed by atoms with van der Waals surface area (Å²) < 4.78 is 2.08. The van der Waals surface area contributed by atoms with E-state index in [2.05, 4.69) is 46.0 Å². The van der Waals surface area contributed by atoms with Crippen LogP contribution in [0.1, 0.15) is 36.6 Å². The van der Waals surface area contributed by atoms with Gasteiger partial charge >= 0.3 is 0 Å². The summed E-state index contributed by atoms with van der Waals surface area (Å²) in [4.78, 5) is 0. The molecular formula is C14H20N4. The molecule has 0 aliphatic heterocycles. The lowest BCUT2D eigenvalue weighted by molar-refractivity contribution is 0.561. The zero-order valence-corrected chi connectivity index (χ0v) is 11.0. The minimum atomic E-state index is -0.0497.